The van der Waals surface area contributed by atoms with Gasteiger partial charge in [0, 0.05) is 27.8 Å². The molecule has 0 saturated carbocycles. The predicted octanol–water partition coefficient (Wildman–Crippen LogP) is -4.72. The van der Waals surface area contributed by atoms with E-state index in [1.807, 2.05) is 0 Å². The van der Waals surface area contributed by atoms with Crippen molar-refractivity contribution in [2.24, 2.45) is 0 Å². The molecule has 0 aliphatic carbocycles. The molecule has 0 atom stereocenters. The van der Waals surface area contributed by atoms with Crippen molar-refractivity contribution < 1.29 is 47.0 Å². The topological polar surface area (TPSA) is 80.3 Å². The zero-order valence-corrected chi connectivity index (χ0v) is 7.18. The molecule has 8 heavy (non-hydrogen) atoms. The van der Waals surface area contributed by atoms with Crippen LogP contribution in [0.15, 0.2) is 0 Å². The van der Waals surface area contributed by atoms with E-state index in [0.29, 0.717) is 0 Å². The van der Waals surface area contributed by atoms with E-state index < -0.39 is 10.4 Å². The Kier molecular flexibility index (Phi) is 23.5. The molecule has 0 rings (SSSR count). The van der Waals surface area contributed by atoms with Crippen LogP contribution < -0.4 is 12.4 Å². The van der Waals surface area contributed by atoms with Crippen LogP contribution in [0.3, 0.4) is 0 Å². The van der Waals surface area contributed by atoms with E-state index in [4.69, 9.17) is 17.5 Å². The van der Waals surface area contributed by atoms with Gasteiger partial charge in [-0.1, -0.05) is 0 Å². The van der Waals surface area contributed by atoms with Gasteiger partial charge in [0.15, 0.2) is 0 Å². The van der Waals surface area contributed by atoms with Crippen LogP contribution in [0.2, 0.25) is 0 Å². The van der Waals surface area contributed by atoms with E-state index in [1.165, 1.54) is 0 Å². The van der Waals surface area contributed by atoms with Gasteiger partial charge in [0.2, 0.25) is 0 Å². The zero-order chi connectivity index (χ0) is 4.50. The molecule has 0 heterocycles. The van der Waals surface area contributed by atoms with E-state index >= 15 is 0 Å². The average molecular weight is 214 g/mol. The van der Waals surface area contributed by atoms with Crippen LogP contribution in [-0.4, -0.2) is 34.9 Å². The van der Waals surface area contributed by atoms with Crippen LogP contribution in [0, 0.1) is 0 Å². The molecule has 0 aliphatic heterocycles. The molecule has 0 aromatic heterocycles. The predicted molar refractivity (Wildman–Crippen MR) is 16.2 cm³/mol. The van der Waals surface area contributed by atoms with Crippen LogP contribution in [0.5, 0.6) is 0 Å². The Hall–Kier alpha value is 1.21. The van der Waals surface area contributed by atoms with Gasteiger partial charge in [0.25, 0.3) is 0 Å². The quantitative estimate of drug-likeness (QED) is 0.230. The molecule has 4 nitrogen and oxygen atoms in total. The SMILES string of the molecule is O=S(=O)([O-])[O-].[Al].[Cl-].[Fe+3]. The van der Waals surface area contributed by atoms with Crippen molar-refractivity contribution >= 4 is 27.8 Å². The molecule has 0 fully saturated rings. The second-order valence-electron chi connectivity index (χ2n) is 0.408. The Morgan fingerprint density at radius 1 is 1.12 bits per heavy atom. The first-order valence-electron chi connectivity index (χ1n) is 0.667. The summed E-state index contributed by atoms with van der Waals surface area (Å²) in [5.74, 6) is 0. The molecule has 0 amide bonds. The summed E-state index contributed by atoms with van der Waals surface area (Å²) >= 11 is 0. The molecule has 0 saturated heterocycles. The fraction of sp³-hybridized carbons (Fsp3) is 0. The Morgan fingerprint density at radius 3 is 1.12 bits per heavy atom. The summed E-state index contributed by atoms with van der Waals surface area (Å²) in [6, 6.07) is 0. The van der Waals surface area contributed by atoms with E-state index in [2.05, 4.69) is 0 Å². The van der Waals surface area contributed by atoms with Crippen molar-refractivity contribution in [1.29, 1.82) is 0 Å². The van der Waals surface area contributed by atoms with Crippen molar-refractivity contribution in [1.82, 2.24) is 0 Å². The van der Waals surface area contributed by atoms with E-state index in [9.17, 15) is 0 Å². The van der Waals surface area contributed by atoms with Crippen LogP contribution in [-0.2, 0) is 27.5 Å². The van der Waals surface area contributed by atoms with Crippen molar-refractivity contribution in [2.75, 3.05) is 0 Å². The summed E-state index contributed by atoms with van der Waals surface area (Å²) in [6.45, 7) is 0. The standard InChI is InChI=1S/Al.ClH.Fe.H2O4S/c;;;1-5(2,3)4/h;1H;;(H2,1,2,3,4)/q;;+3;/p-3. The first-order chi connectivity index (χ1) is 2.00. The Morgan fingerprint density at radius 2 is 1.12 bits per heavy atom. The summed E-state index contributed by atoms with van der Waals surface area (Å²) in [4.78, 5) is 0. The maximum absolute atomic E-state index is 8.52. The first kappa shape index (κ1) is 22.9. The van der Waals surface area contributed by atoms with Gasteiger partial charge < -0.3 is 21.5 Å². The number of halogens is 1. The molecule has 0 aromatic rings. The van der Waals surface area contributed by atoms with E-state index in [-0.39, 0.29) is 46.8 Å². The Bertz CT molecular complexity index is 99.2. The van der Waals surface area contributed by atoms with Gasteiger partial charge in [-0.2, -0.15) is 0 Å². The maximum atomic E-state index is 8.52. The van der Waals surface area contributed by atoms with Crippen molar-refractivity contribution in [3.05, 3.63) is 0 Å². The molecule has 0 unspecified atom stereocenters. The molecule has 0 spiro atoms. The molecule has 0 N–H and O–H groups in total. The van der Waals surface area contributed by atoms with Crippen molar-refractivity contribution in [3.8, 4) is 0 Å². The molecular formula is AlClFeO4S. The largest absolute Gasteiger partial charge is 3.00 e. The fourth-order valence-electron chi connectivity index (χ4n) is 0. The molecule has 8 heteroatoms. The van der Waals surface area contributed by atoms with Crippen molar-refractivity contribution in [3.63, 3.8) is 0 Å². The molecule has 0 aromatic carbocycles. The zero-order valence-electron chi connectivity index (χ0n) is 3.35. The molecular weight excluding hydrogens is 214 g/mol. The van der Waals surface area contributed by atoms with Crippen LogP contribution >= 0.6 is 0 Å². The second kappa shape index (κ2) is 8.21. The monoisotopic (exact) mass is 214 g/mol. The number of hydrogen-bond acceptors (Lipinski definition) is 4. The second-order valence-corrected chi connectivity index (χ2v) is 1.22. The summed E-state index contributed by atoms with van der Waals surface area (Å²) in [5, 5.41) is 0. The summed E-state index contributed by atoms with van der Waals surface area (Å²) in [5.41, 5.74) is 0. The molecule has 48 valence electrons. The Labute approximate surface area is 74.6 Å². The molecule has 0 bridgehead atoms. The van der Waals surface area contributed by atoms with Gasteiger partial charge in [-0.25, -0.2) is 0 Å². The third-order valence-electron chi connectivity index (χ3n) is 0. The van der Waals surface area contributed by atoms with Crippen LogP contribution in [0.25, 0.3) is 0 Å². The minimum Gasteiger partial charge on any atom is -1.00 e. The van der Waals surface area contributed by atoms with Crippen LogP contribution in [0.4, 0.5) is 0 Å². The minimum absolute atomic E-state index is 0. The number of hydrogen-bond donors (Lipinski definition) is 0. The third-order valence-corrected chi connectivity index (χ3v) is 0. The molecule has 4 radical (unpaired) electrons. The minimum atomic E-state index is -5.17. The first-order valence-corrected chi connectivity index (χ1v) is 2.00. The van der Waals surface area contributed by atoms with Gasteiger partial charge in [-0.15, -0.1) is 0 Å². The van der Waals surface area contributed by atoms with Gasteiger partial charge in [-0.3, -0.25) is 8.42 Å². The summed E-state index contributed by atoms with van der Waals surface area (Å²) in [7, 11) is -5.17. The average Bonchev–Trinajstić information content (AvgIpc) is 0.722. The van der Waals surface area contributed by atoms with Crippen LogP contribution in [0.1, 0.15) is 0 Å². The number of rotatable bonds is 0. The summed E-state index contributed by atoms with van der Waals surface area (Å²) < 4.78 is 34.1. The van der Waals surface area contributed by atoms with Gasteiger partial charge in [0.1, 0.15) is 0 Å². The van der Waals surface area contributed by atoms with E-state index in [1.54, 1.807) is 0 Å². The smallest absolute Gasteiger partial charge is 1.00 e. The van der Waals surface area contributed by atoms with Gasteiger partial charge in [0.05, 0.1) is 0 Å². The maximum Gasteiger partial charge on any atom is 3.00 e. The normalized spacial score (nSPS) is 7.25. The Balaban J connectivity index is -0.0000000267. The van der Waals surface area contributed by atoms with Gasteiger partial charge >= 0.3 is 17.1 Å². The summed E-state index contributed by atoms with van der Waals surface area (Å²) in [6.07, 6.45) is 0. The van der Waals surface area contributed by atoms with Crippen molar-refractivity contribution in [2.45, 2.75) is 0 Å². The van der Waals surface area contributed by atoms with Gasteiger partial charge in [-0.05, 0) is 0 Å². The third kappa shape index (κ3) is 189. The fourth-order valence-corrected chi connectivity index (χ4v) is 0. The molecule has 0 aliphatic rings. The van der Waals surface area contributed by atoms with E-state index in [0.717, 1.165) is 0 Å².